The summed E-state index contributed by atoms with van der Waals surface area (Å²) in [5, 5.41) is 9.15. The van der Waals surface area contributed by atoms with Crippen molar-refractivity contribution in [1.29, 1.82) is 0 Å². The van der Waals surface area contributed by atoms with Gasteiger partial charge in [0.2, 0.25) is 0 Å². The zero-order chi connectivity index (χ0) is 9.42. The van der Waals surface area contributed by atoms with Gasteiger partial charge in [0.25, 0.3) is 0 Å². The average molecular weight is 179 g/mol. The molecule has 0 aliphatic carbocycles. The highest BCUT2D eigenvalue weighted by Crippen LogP contribution is 2.22. The van der Waals surface area contributed by atoms with Crippen LogP contribution in [0.2, 0.25) is 0 Å². The van der Waals surface area contributed by atoms with E-state index in [1.54, 1.807) is 6.33 Å². The Kier molecular flexibility index (Phi) is 1.92. The number of aliphatic hydroxyl groups excluding tert-OH is 1. The van der Waals surface area contributed by atoms with Crippen molar-refractivity contribution >= 4 is 5.82 Å². The molecule has 2 rings (SSSR count). The first-order valence-corrected chi connectivity index (χ1v) is 4.39. The minimum atomic E-state index is -0.185. The summed E-state index contributed by atoms with van der Waals surface area (Å²) in [6.07, 6.45) is 1.39. The van der Waals surface area contributed by atoms with Crippen LogP contribution in [0.5, 0.6) is 0 Å². The number of aliphatic hydroxyl groups is 1. The molecule has 0 bridgehead atoms. The second-order valence-electron chi connectivity index (χ2n) is 3.47. The van der Waals surface area contributed by atoms with E-state index < -0.39 is 0 Å². The van der Waals surface area contributed by atoms with Gasteiger partial charge < -0.3 is 10.0 Å². The first kappa shape index (κ1) is 8.44. The fraction of sp³-hybridized carbons (Fsp3) is 0.556. The van der Waals surface area contributed by atoms with Gasteiger partial charge in [0.15, 0.2) is 0 Å². The van der Waals surface area contributed by atoms with Crippen molar-refractivity contribution in [3.05, 3.63) is 17.6 Å². The van der Waals surface area contributed by atoms with Gasteiger partial charge in [-0.1, -0.05) is 0 Å². The Labute approximate surface area is 77.2 Å². The van der Waals surface area contributed by atoms with Gasteiger partial charge >= 0.3 is 0 Å². The van der Waals surface area contributed by atoms with Crippen molar-refractivity contribution in [1.82, 2.24) is 9.97 Å². The van der Waals surface area contributed by atoms with Crippen LogP contribution in [0.15, 0.2) is 6.33 Å². The van der Waals surface area contributed by atoms with Crippen LogP contribution >= 0.6 is 0 Å². The summed E-state index contributed by atoms with van der Waals surface area (Å²) >= 11 is 0. The molecule has 70 valence electrons. The molecule has 0 atom stereocenters. The van der Waals surface area contributed by atoms with E-state index in [4.69, 9.17) is 5.11 Å². The third-order valence-corrected chi connectivity index (χ3v) is 2.47. The molecule has 1 aromatic heterocycles. The normalized spacial score (nSPS) is 17.3. The molecule has 1 aliphatic heterocycles. The SMILES string of the molecule is Cc1ncnc(N2CC(O)C2)c1C. The molecule has 1 fully saturated rings. The smallest absolute Gasteiger partial charge is 0.135 e. The van der Waals surface area contributed by atoms with Crippen LogP contribution in [-0.4, -0.2) is 34.3 Å². The van der Waals surface area contributed by atoms with Gasteiger partial charge in [0.1, 0.15) is 12.1 Å². The summed E-state index contributed by atoms with van der Waals surface area (Å²) in [5.74, 6) is 0.956. The zero-order valence-corrected chi connectivity index (χ0v) is 7.86. The highest BCUT2D eigenvalue weighted by Gasteiger charge is 2.26. The van der Waals surface area contributed by atoms with Crippen LogP contribution in [0.4, 0.5) is 5.82 Å². The van der Waals surface area contributed by atoms with Crippen LogP contribution in [0.1, 0.15) is 11.3 Å². The van der Waals surface area contributed by atoms with Gasteiger partial charge in [-0.15, -0.1) is 0 Å². The molecule has 0 amide bonds. The quantitative estimate of drug-likeness (QED) is 0.672. The summed E-state index contributed by atoms with van der Waals surface area (Å²) < 4.78 is 0. The lowest BCUT2D eigenvalue weighted by Gasteiger charge is -2.37. The maximum absolute atomic E-state index is 9.15. The van der Waals surface area contributed by atoms with E-state index in [-0.39, 0.29) is 6.10 Å². The highest BCUT2D eigenvalue weighted by atomic mass is 16.3. The number of hydrogen-bond acceptors (Lipinski definition) is 4. The molecule has 0 spiro atoms. The first-order valence-electron chi connectivity index (χ1n) is 4.39. The molecule has 1 N–H and O–H groups in total. The molecule has 0 radical (unpaired) electrons. The van der Waals surface area contributed by atoms with Crippen LogP contribution in [0, 0.1) is 13.8 Å². The Morgan fingerprint density at radius 1 is 1.38 bits per heavy atom. The fourth-order valence-corrected chi connectivity index (χ4v) is 1.47. The third kappa shape index (κ3) is 1.37. The van der Waals surface area contributed by atoms with Crippen molar-refractivity contribution < 1.29 is 5.11 Å². The summed E-state index contributed by atoms with van der Waals surface area (Å²) in [4.78, 5) is 10.4. The number of nitrogens with zero attached hydrogens (tertiary/aromatic N) is 3. The molecule has 1 aromatic rings. The van der Waals surface area contributed by atoms with E-state index in [0.29, 0.717) is 13.1 Å². The van der Waals surface area contributed by atoms with Crippen LogP contribution in [-0.2, 0) is 0 Å². The van der Waals surface area contributed by atoms with Gasteiger partial charge in [0.05, 0.1) is 6.10 Å². The number of aryl methyl sites for hydroxylation is 1. The topological polar surface area (TPSA) is 49.2 Å². The predicted octanol–water partition coefficient (Wildman–Crippen LogP) is 0.274. The number of aromatic nitrogens is 2. The Morgan fingerprint density at radius 2 is 2.08 bits per heavy atom. The van der Waals surface area contributed by atoms with Gasteiger partial charge in [-0.2, -0.15) is 0 Å². The van der Waals surface area contributed by atoms with Crippen molar-refractivity contribution in [2.45, 2.75) is 20.0 Å². The molecule has 1 saturated heterocycles. The molecular formula is C9H13N3O. The summed E-state index contributed by atoms with van der Waals surface area (Å²) in [6.45, 7) is 5.36. The molecule has 0 unspecified atom stereocenters. The lowest BCUT2D eigenvalue weighted by atomic mass is 10.1. The second-order valence-corrected chi connectivity index (χ2v) is 3.47. The number of rotatable bonds is 1. The minimum absolute atomic E-state index is 0.185. The number of β-amino-alcohol motifs (C(OH)–C–C–N with tert-alkyl or cyclic N) is 1. The molecule has 0 saturated carbocycles. The molecular weight excluding hydrogens is 166 g/mol. The van der Waals surface area contributed by atoms with Gasteiger partial charge in [0, 0.05) is 24.3 Å². The van der Waals surface area contributed by atoms with Crippen LogP contribution in [0.25, 0.3) is 0 Å². The van der Waals surface area contributed by atoms with Gasteiger partial charge in [-0.25, -0.2) is 9.97 Å². The lowest BCUT2D eigenvalue weighted by Crippen LogP contribution is -2.51. The summed E-state index contributed by atoms with van der Waals surface area (Å²) in [6, 6.07) is 0. The monoisotopic (exact) mass is 179 g/mol. The lowest BCUT2D eigenvalue weighted by molar-refractivity contribution is 0.141. The van der Waals surface area contributed by atoms with Crippen LogP contribution < -0.4 is 4.90 Å². The average Bonchev–Trinajstić information content (AvgIpc) is 2.05. The largest absolute Gasteiger partial charge is 0.389 e. The van der Waals surface area contributed by atoms with Crippen molar-refractivity contribution in [3.8, 4) is 0 Å². The van der Waals surface area contributed by atoms with E-state index in [0.717, 1.165) is 17.1 Å². The minimum Gasteiger partial charge on any atom is -0.389 e. The predicted molar refractivity (Wildman–Crippen MR) is 49.7 cm³/mol. The Bertz CT molecular complexity index is 321. The maximum atomic E-state index is 9.15. The van der Waals surface area contributed by atoms with Gasteiger partial charge in [-0.3, -0.25) is 0 Å². The van der Waals surface area contributed by atoms with E-state index in [9.17, 15) is 0 Å². The van der Waals surface area contributed by atoms with Crippen molar-refractivity contribution in [2.75, 3.05) is 18.0 Å². The van der Waals surface area contributed by atoms with Crippen molar-refractivity contribution in [2.24, 2.45) is 0 Å². The second kappa shape index (κ2) is 2.96. The van der Waals surface area contributed by atoms with Gasteiger partial charge in [-0.05, 0) is 13.8 Å². The summed E-state index contributed by atoms with van der Waals surface area (Å²) in [7, 11) is 0. The molecule has 2 heterocycles. The fourth-order valence-electron chi connectivity index (χ4n) is 1.47. The molecule has 1 aliphatic rings. The van der Waals surface area contributed by atoms with E-state index in [2.05, 4.69) is 14.9 Å². The van der Waals surface area contributed by atoms with E-state index in [1.165, 1.54) is 0 Å². The molecule has 13 heavy (non-hydrogen) atoms. The Hall–Kier alpha value is -1.16. The van der Waals surface area contributed by atoms with Crippen LogP contribution in [0.3, 0.4) is 0 Å². The van der Waals surface area contributed by atoms with E-state index in [1.807, 2.05) is 13.8 Å². The zero-order valence-electron chi connectivity index (χ0n) is 7.86. The van der Waals surface area contributed by atoms with E-state index >= 15 is 0 Å². The Balaban J connectivity index is 2.26. The molecule has 4 nitrogen and oxygen atoms in total. The first-order chi connectivity index (χ1) is 6.18. The molecule has 4 heteroatoms. The summed E-state index contributed by atoms with van der Waals surface area (Å²) in [5.41, 5.74) is 2.11. The number of hydrogen-bond donors (Lipinski definition) is 1. The standard InChI is InChI=1S/C9H13N3O/c1-6-7(2)10-5-11-9(6)12-3-8(13)4-12/h5,8,13H,3-4H2,1-2H3. The molecule has 0 aromatic carbocycles. The van der Waals surface area contributed by atoms with Crippen molar-refractivity contribution in [3.63, 3.8) is 0 Å². The third-order valence-electron chi connectivity index (χ3n) is 2.47. The Morgan fingerprint density at radius 3 is 2.69 bits per heavy atom. The highest BCUT2D eigenvalue weighted by molar-refractivity contribution is 5.49. The maximum Gasteiger partial charge on any atom is 0.135 e. The number of anilines is 1.